The summed E-state index contributed by atoms with van der Waals surface area (Å²) in [4.78, 5) is 23.1. The van der Waals surface area contributed by atoms with Gasteiger partial charge in [-0.1, -0.05) is 12.2 Å². The van der Waals surface area contributed by atoms with Crippen LogP contribution in [0.4, 0.5) is 4.79 Å². The molecule has 0 aromatic heterocycles. The molecule has 6 nitrogen and oxygen atoms in total. The van der Waals surface area contributed by atoms with Gasteiger partial charge in [0.25, 0.3) is 0 Å². The monoisotopic (exact) mass is 338 g/mol. The molecule has 24 heavy (non-hydrogen) atoms. The van der Waals surface area contributed by atoms with E-state index in [-0.39, 0.29) is 24.0 Å². The number of carbonyl (C=O) groups is 2. The van der Waals surface area contributed by atoms with Crippen LogP contribution in [-0.4, -0.2) is 42.7 Å². The number of esters is 1. The summed E-state index contributed by atoms with van der Waals surface area (Å²) in [7, 11) is 1.27. The minimum Gasteiger partial charge on any atom is -0.460 e. The Labute approximate surface area is 142 Å². The second-order valence-electron chi connectivity index (χ2n) is 6.45. The van der Waals surface area contributed by atoms with Gasteiger partial charge in [0.05, 0.1) is 19.3 Å². The highest BCUT2D eigenvalue weighted by atomic mass is 16.7. The molecule has 0 bridgehead atoms. The Morgan fingerprint density at radius 2 is 2.12 bits per heavy atom. The SMILES string of the molecule is COC(=O)O[C@@H]1C[C@H]2[C@H](O)C=CC(=O)O[C@@H](C)CCC/C=C/[C@@H]2C1. The Kier molecular flexibility index (Phi) is 6.85. The number of carbonyl (C=O) groups excluding carboxylic acids is 2. The van der Waals surface area contributed by atoms with Crippen LogP contribution in [-0.2, 0) is 19.0 Å². The van der Waals surface area contributed by atoms with E-state index in [9.17, 15) is 14.7 Å². The zero-order valence-corrected chi connectivity index (χ0v) is 14.2. The third-order valence-corrected chi connectivity index (χ3v) is 4.60. The molecule has 1 saturated carbocycles. The van der Waals surface area contributed by atoms with Crippen molar-refractivity contribution in [3.63, 3.8) is 0 Å². The summed E-state index contributed by atoms with van der Waals surface area (Å²) in [6, 6.07) is 0. The summed E-state index contributed by atoms with van der Waals surface area (Å²) in [5.74, 6) is -0.461. The summed E-state index contributed by atoms with van der Waals surface area (Å²) in [5, 5.41) is 10.4. The maximum atomic E-state index is 11.8. The van der Waals surface area contributed by atoms with Crippen LogP contribution >= 0.6 is 0 Å². The number of methoxy groups -OCH3 is 1. The topological polar surface area (TPSA) is 82.1 Å². The zero-order valence-electron chi connectivity index (χ0n) is 14.2. The van der Waals surface area contributed by atoms with Crippen molar-refractivity contribution in [1.29, 1.82) is 0 Å². The van der Waals surface area contributed by atoms with E-state index < -0.39 is 18.2 Å². The molecule has 0 radical (unpaired) electrons. The Morgan fingerprint density at radius 1 is 1.33 bits per heavy atom. The predicted octanol–water partition coefficient (Wildman–Crippen LogP) is 2.75. The first-order valence-electron chi connectivity index (χ1n) is 8.47. The fourth-order valence-corrected chi connectivity index (χ4v) is 3.36. The quantitative estimate of drug-likeness (QED) is 0.585. The van der Waals surface area contributed by atoms with Crippen molar-refractivity contribution >= 4 is 12.1 Å². The molecule has 0 aromatic rings. The molecule has 1 aliphatic carbocycles. The Balaban J connectivity index is 2.09. The molecular weight excluding hydrogens is 312 g/mol. The highest BCUT2D eigenvalue weighted by Crippen LogP contribution is 2.38. The van der Waals surface area contributed by atoms with E-state index >= 15 is 0 Å². The van der Waals surface area contributed by atoms with Crippen LogP contribution in [0, 0.1) is 11.8 Å². The van der Waals surface area contributed by atoms with Gasteiger partial charge in [0.15, 0.2) is 0 Å². The van der Waals surface area contributed by atoms with Crippen LogP contribution in [0.5, 0.6) is 0 Å². The first kappa shape index (κ1) is 18.5. The molecule has 1 aliphatic heterocycles. The first-order chi connectivity index (χ1) is 11.5. The molecule has 5 atom stereocenters. The maximum Gasteiger partial charge on any atom is 0.508 e. The summed E-state index contributed by atoms with van der Waals surface area (Å²) < 4.78 is 15.0. The second-order valence-corrected chi connectivity index (χ2v) is 6.45. The number of aliphatic hydroxyl groups excluding tert-OH is 1. The lowest BCUT2D eigenvalue weighted by atomic mass is 9.90. The van der Waals surface area contributed by atoms with Crippen molar-refractivity contribution in [2.75, 3.05) is 7.11 Å². The molecule has 1 heterocycles. The zero-order chi connectivity index (χ0) is 17.5. The Hall–Kier alpha value is -1.82. The standard InChI is InChI=1S/C18H26O6/c1-12-6-4-3-5-7-13-10-14(24-18(21)22-2)11-15(13)16(19)8-9-17(20)23-12/h5,7-9,12-16,19H,3-4,6,10-11H2,1-2H3/b7-5+,9-8?/t12-,13+,14-,15+,16+/m0/s1. The molecule has 0 unspecified atom stereocenters. The largest absolute Gasteiger partial charge is 0.508 e. The Bertz CT molecular complexity index is 498. The van der Waals surface area contributed by atoms with E-state index in [0.717, 1.165) is 19.3 Å². The van der Waals surface area contributed by atoms with Gasteiger partial charge in [0.2, 0.25) is 0 Å². The average molecular weight is 338 g/mol. The van der Waals surface area contributed by atoms with Crippen molar-refractivity contribution in [3.8, 4) is 0 Å². The van der Waals surface area contributed by atoms with Crippen LogP contribution in [0.25, 0.3) is 0 Å². The van der Waals surface area contributed by atoms with Crippen LogP contribution in [0.2, 0.25) is 0 Å². The van der Waals surface area contributed by atoms with E-state index in [1.54, 1.807) is 0 Å². The van der Waals surface area contributed by atoms with Gasteiger partial charge in [-0.15, -0.1) is 0 Å². The molecule has 2 aliphatic rings. The van der Waals surface area contributed by atoms with Gasteiger partial charge in [-0.3, -0.25) is 0 Å². The lowest BCUT2D eigenvalue weighted by Crippen LogP contribution is -2.22. The fraction of sp³-hybridized carbons (Fsp3) is 0.667. The Morgan fingerprint density at radius 3 is 2.88 bits per heavy atom. The van der Waals surface area contributed by atoms with Gasteiger partial charge in [-0.05, 0) is 56.9 Å². The van der Waals surface area contributed by atoms with E-state index in [4.69, 9.17) is 9.47 Å². The van der Waals surface area contributed by atoms with Crippen LogP contribution in [0.15, 0.2) is 24.3 Å². The lowest BCUT2D eigenvalue weighted by Gasteiger charge is -2.19. The smallest absolute Gasteiger partial charge is 0.460 e. The number of aliphatic hydroxyl groups is 1. The molecular formula is C18H26O6. The molecule has 2 rings (SSSR count). The van der Waals surface area contributed by atoms with Crippen molar-refractivity contribution < 1.29 is 28.9 Å². The van der Waals surface area contributed by atoms with Crippen LogP contribution in [0.1, 0.15) is 39.0 Å². The molecule has 0 spiro atoms. The van der Waals surface area contributed by atoms with E-state index in [0.29, 0.717) is 12.8 Å². The molecule has 6 heteroatoms. The van der Waals surface area contributed by atoms with Gasteiger partial charge in [0.1, 0.15) is 6.10 Å². The van der Waals surface area contributed by atoms with Crippen molar-refractivity contribution in [2.45, 2.75) is 57.3 Å². The second kappa shape index (κ2) is 8.87. The highest BCUT2D eigenvalue weighted by Gasteiger charge is 2.38. The normalized spacial score (nSPS) is 35.6. The molecule has 0 amide bonds. The summed E-state index contributed by atoms with van der Waals surface area (Å²) in [6.07, 6.45) is 8.80. The predicted molar refractivity (Wildman–Crippen MR) is 87.2 cm³/mol. The molecule has 1 N–H and O–H groups in total. The number of fused-ring (bicyclic) bond motifs is 1. The summed E-state index contributed by atoms with van der Waals surface area (Å²) in [6.45, 7) is 1.87. The number of hydrogen-bond acceptors (Lipinski definition) is 6. The minimum atomic E-state index is -0.797. The van der Waals surface area contributed by atoms with Gasteiger partial charge in [0, 0.05) is 6.08 Å². The number of allylic oxidation sites excluding steroid dienone is 2. The number of rotatable bonds is 1. The third kappa shape index (κ3) is 5.37. The summed E-state index contributed by atoms with van der Waals surface area (Å²) in [5.41, 5.74) is 0. The lowest BCUT2D eigenvalue weighted by molar-refractivity contribution is -0.142. The fourth-order valence-electron chi connectivity index (χ4n) is 3.36. The highest BCUT2D eigenvalue weighted by molar-refractivity contribution is 5.82. The van der Waals surface area contributed by atoms with Crippen LogP contribution < -0.4 is 0 Å². The van der Waals surface area contributed by atoms with Gasteiger partial charge in [-0.2, -0.15) is 0 Å². The van der Waals surface area contributed by atoms with Gasteiger partial charge >= 0.3 is 12.1 Å². The van der Waals surface area contributed by atoms with E-state index in [1.807, 2.05) is 6.92 Å². The number of cyclic esters (lactones) is 1. The average Bonchev–Trinajstić information content (AvgIpc) is 2.94. The number of ether oxygens (including phenoxy) is 3. The molecule has 1 fully saturated rings. The minimum absolute atomic E-state index is 0.0912. The van der Waals surface area contributed by atoms with Crippen molar-refractivity contribution in [3.05, 3.63) is 24.3 Å². The van der Waals surface area contributed by atoms with Crippen molar-refractivity contribution in [2.24, 2.45) is 11.8 Å². The van der Waals surface area contributed by atoms with E-state index in [2.05, 4.69) is 16.9 Å². The first-order valence-corrected chi connectivity index (χ1v) is 8.47. The summed E-state index contributed by atoms with van der Waals surface area (Å²) >= 11 is 0. The maximum absolute atomic E-state index is 11.8. The third-order valence-electron chi connectivity index (χ3n) is 4.60. The van der Waals surface area contributed by atoms with E-state index in [1.165, 1.54) is 19.3 Å². The molecule has 0 saturated heterocycles. The van der Waals surface area contributed by atoms with Crippen LogP contribution in [0.3, 0.4) is 0 Å². The molecule has 0 aromatic carbocycles. The number of hydrogen-bond donors (Lipinski definition) is 1. The molecule has 134 valence electrons. The van der Waals surface area contributed by atoms with Gasteiger partial charge in [-0.25, -0.2) is 9.59 Å². The van der Waals surface area contributed by atoms with Gasteiger partial charge < -0.3 is 19.3 Å². The van der Waals surface area contributed by atoms with Crippen molar-refractivity contribution in [1.82, 2.24) is 0 Å².